The van der Waals surface area contributed by atoms with Crippen LogP contribution in [0.15, 0.2) is 36.5 Å². The van der Waals surface area contributed by atoms with E-state index in [2.05, 4.69) is 10.3 Å². The average Bonchev–Trinajstić information content (AvgIpc) is 2.55. The lowest BCUT2D eigenvalue weighted by Crippen LogP contribution is -2.28. The van der Waals surface area contributed by atoms with E-state index in [0.29, 0.717) is 34.8 Å². The first-order valence-corrected chi connectivity index (χ1v) is 7.77. The Morgan fingerprint density at radius 1 is 1.26 bits per heavy atom. The Labute approximate surface area is 144 Å². The molecule has 1 heterocycles. The molecule has 0 radical (unpaired) electrons. The number of benzene rings is 1. The molecule has 0 saturated carbocycles. The summed E-state index contributed by atoms with van der Waals surface area (Å²) in [5.74, 6) is 0.590. The number of carbonyl (C=O) groups excluding carboxylic acids is 1. The highest BCUT2D eigenvalue weighted by atomic mass is 35.5. The third-order valence-corrected chi connectivity index (χ3v) is 3.41. The van der Waals surface area contributed by atoms with Crippen LogP contribution < -0.4 is 14.8 Å². The summed E-state index contributed by atoms with van der Waals surface area (Å²) in [6.45, 7) is 2.52. The fraction of sp³-hybridized carbons (Fsp3) is 0.250. The number of aromatic nitrogens is 1. The largest absolute Gasteiger partial charge is 0.482 e. The quantitative estimate of drug-likeness (QED) is 0.826. The third-order valence-electron chi connectivity index (χ3n) is 2.86. The topological polar surface area (TPSA) is 60.5 Å². The Bertz CT molecular complexity index is 680. The monoisotopic (exact) mass is 354 g/mol. The van der Waals surface area contributed by atoms with Crippen molar-refractivity contribution in [1.82, 2.24) is 10.3 Å². The van der Waals surface area contributed by atoms with Gasteiger partial charge in [0, 0.05) is 29.4 Å². The van der Waals surface area contributed by atoms with Crippen molar-refractivity contribution in [2.75, 3.05) is 13.2 Å². The van der Waals surface area contributed by atoms with Gasteiger partial charge in [-0.15, -0.1) is 0 Å². The highest BCUT2D eigenvalue weighted by Gasteiger charge is 2.09. The Morgan fingerprint density at radius 3 is 2.87 bits per heavy atom. The van der Waals surface area contributed by atoms with E-state index < -0.39 is 0 Å². The standard InChI is InChI=1S/C16H16Cl2N2O3/c1-2-22-16-11(4-3-7-19-16)9-20-15(21)10-23-14-8-12(17)5-6-13(14)18/h3-8H,2,9-10H2,1H3,(H,20,21). The molecule has 1 amide bonds. The second-order valence-corrected chi connectivity index (χ2v) is 5.38. The number of nitrogens with zero attached hydrogens (tertiary/aromatic N) is 1. The Morgan fingerprint density at radius 2 is 2.09 bits per heavy atom. The second-order valence-electron chi connectivity index (χ2n) is 4.54. The molecule has 0 saturated heterocycles. The van der Waals surface area contributed by atoms with Crippen molar-refractivity contribution in [3.8, 4) is 11.6 Å². The van der Waals surface area contributed by atoms with Crippen molar-refractivity contribution in [2.24, 2.45) is 0 Å². The number of halogens is 2. The molecule has 1 aromatic carbocycles. The van der Waals surface area contributed by atoms with Crippen LogP contribution in [0.5, 0.6) is 11.6 Å². The summed E-state index contributed by atoms with van der Waals surface area (Å²) in [6.07, 6.45) is 1.64. The minimum Gasteiger partial charge on any atom is -0.482 e. The first-order valence-electron chi connectivity index (χ1n) is 7.01. The van der Waals surface area contributed by atoms with Crippen molar-refractivity contribution in [3.63, 3.8) is 0 Å². The molecule has 0 unspecified atom stereocenters. The van der Waals surface area contributed by atoms with Gasteiger partial charge in [-0.25, -0.2) is 4.98 Å². The van der Waals surface area contributed by atoms with Crippen LogP contribution >= 0.6 is 23.2 Å². The highest BCUT2D eigenvalue weighted by Crippen LogP contribution is 2.27. The molecular formula is C16H16Cl2N2O3. The van der Waals surface area contributed by atoms with Crippen LogP contribution in [-0.2, 0) is 11.3 Å². The van der Waals surface area contributed by atoms with Crippen LogP contribution in [0.2, 0.25) is 10.0 Å². The Hall–Kier alpha value is -1.98. The zero-order chi connectivity index (χ0) is 16.7. The molecule has 5 nitrogen and oxygen atoms in total. The molecule has 0 aliphatic heterocycles. The number of amides is 1. The van der Waals surface area contributed by atoms with Crippen LogP contribution in [0, 0.1) is 0 Å². The SMILES string of the molecule is CCOc1ncccc1CNC(=O)COc1cc(Cl)ccc1Cl. The molecule has 7 heteroatoms. The average molecular weight is 355 g/mol. The van der Waals surface area contributed by atoms with E-state index in [-0.39, 0.29) is 12.5 Å². The van der Waals surface area contributed by atoms with E-state index in [1.807, 2.05) is 13.0 Å². The number of hydrogen-bond donors (Lipinski definition) is 1. The lowest BCUT2D eigenvalue weighted by molar-refractivity contribution is -0.123. The predicted octanol–water partition coefficient (Wildman–Crippen LogP) is 3.48. The summed E-state index contributed by atoms with van der Waals surface area (Å²) in [6, 6.07) is 8.44. The maximum atomic E-state index is 11.9. The van der Waals surface area contributed by atoms with Gasteiger partial charge in [-0.1, -0.05) is 29.3 Å². The van der Waals surface area contributed by atoms with Gasteiger partial charge in [0.1, 0.15) is 5.75 Å². The summed E-state index contributed by atoms with van der Waals surface area (Å²) in [5, 5.41) is 3.63. The van der Waals surface area contributed by atoms with Crippen LogP contribution in [0.25, 0.3) is 0 Å². The molecule has 2 aromatic rings. The Kier molecular flexibility index (Phi) is 6.50. The molecule has 122 valence electrons. The second kappa shape index (κ2) is 8.60. The summed E-state index contributed by atoms with van der Waals surface area (Å²) in [5.41, 5.74) is 0.795. The zero-order valence-corrected chi connectivity index (χ0v) is 14.0. The van der Waals surface area contributed by atoms with E-state index in [9.17, 15) is 4.79 Å². The normalized spacial score (nSPS) is 10.2. The fourth-order valence-electron chi connectivity index (χ4n) is 1.80. The summed E-state index contributed by atoms with van der Waals surface area (Å²) in [4.78, 5) is 16.0. The van der Waals surface area contributed by atoms with Gasteiger partial charge in [0.2, 0.25) is 5.88 Å². The van der Waals surface area contributed by atoms with E-state index >= 15 is 0 Å². The van der Waals surface area contributed by atoms with Gasteiger partial charge in [0.05, 0.1) is 11.6 Å². The molecule has 0 atom stereocenters. The summed E-state index contributed by atoms with van der Waals surface area (Å²) >= 11 is 11.8. The first kappa shape index (κ1) is 17.4. The third kappa shape index (κ3) is 5.30. The van der Waals surface area contributed by atoms with Gasteiger partial charge >= 0.3 is 0 Å². The number of rotatable bonds is 7. The smallest absolute Gasteiger partial charge is 0.258 e. The number of pyridine rings is 1. The molecule has 0 bridgehead atoms. The van der Waals surface area contributed by atoms with Crippen LogP contribution in [0.3, 0.4) is 0 Å². The van der Waals surface area contributed by atoms with Crippen molar-refractivity contribution in [2.45, 2.75) is 13.5 Å². The van der Waals surface area contributed by atoms with Crippen molar-refractivity contribution in [1.29, 1.82) is 0 Å². The van der Waals surface area contributed by atoms with E-state index in [0.717, 1.165) is 5.56 Å². The van der Waals surface area contributed by atoms with Gasteiger partial charge in [0.15, 0.2) is 6.61 Å². The van der Waals surface area contributed by atoms with E-state index in [1.54, 1.807) is 30.5 Å². The van der Waals surface area contributed by atoms with E-state index in [4.69, 9.17) is 32.7 Å². The lowest BCUT2D eigenvalue weighted by atomic mass is 10.2. The van der Waals surface area contributed by atoms with Gasteiger partial charge < -0.3 is 14.8 Å². The van der Waals surface area contributed by atoms with E-state index in [1.165, 1.54) is 0 Å². The number of hydrogen-bond acceptors (Lipinski definition) is 4. The van der Waals surface area contributed by atoms with Gasteiger partial charge in [-0.3, -0.25) is 4.79 Å². The maximum absolute atomic E-state index is 11.9. The minimum atomic E-state index is -0.285. The van der Waals surface area contributed by atoms with Crippen LogP contribution in [0.1, 0.15) is 12.5 Å². The molecule has 23 heavy (non-hydrogen) atoms. The highest BCUT2D eigenvalue weighted by molar-refractivity contribution is 6.34. The van der Waals surface area contributed by atoms with Crippen LogP contribution in [-0.4, -0.2) is 24.1 Å². The van der Waals surface area contributed by atoms with Crippen molar-refractivity contribution >= 4 is 29.1 Å². The van der Waals surface area contributed by atoms with Crippen LogP contribution in [0.4, 0.5) is 0 Å². The summed E-state index contributed by atoms with van der Waals surface area (Å²) < 4.78 is 10.8. The minimum absolute atomic E-state index is 0.162. The number of nitrogens with one attached hydrogen (secondary N) is 1. The zero-order valence-electron chi connectivity index (χ0n) is 12.5. The van der Waals surface area contributed by atoms with Gasteiger partial charge in [-0.05, 0) is 25.1 Å². The molecule has 2 rings (SSSR count). The van der Waals surface area contributed by atoms with Gasteiger partial charge in [-0.2, -0.15) is 0 Å². The Balaban J connectivity index is 1.87. The lowest BCUT2D eigenvalue weighted by Gasteiger charge is -2.11. The van der Waals surface area contributed by atoms with Crippen molar-refractivity contribution in [3.05, 3.63) is 52.1 Å². The molecule has 1 N–H and O–H groups in total. The summed E-state index contributed by atoms with van der Waals surface area (Å²) in [7, 11) is 0. The predicted molar refractivity (Wildman–Crippen MR) is 89.2 cm³/mol. The van der Waals surface area contributed by atoms with Crippen molar-refractivity contribution < 1.29 is 14.3 Å². The fourth-order valence-corrected chi connectivity index (χ4v) is 2.14. The first-order chi connectivity index (χ1) is 11.1. The molecule has 0 fully saturated rings. The molecule has 0 aliphatic rings. The molecule has 0 aliphatic carbocycles. The molecular weight excluding hydrogens is 339 g/mol. The maximum Gasteiger partial charge on any atom is 0.258 e. The molecule has 0 spiro atoms. The number of carbonyl (C=O) groups is 1. The number of ether oxygens (including phenoxy) is 2. The van der Waals surface area contributed by atoms with Gasteiger partial charge in [0.25, 0.3) is 5.91 Å². The molecule has 1 aromatic heterocycles.